The second-order valence-electron chi connectivity index (χ2n) is 4.98. The lowest BCUT2D eigenvalue weighted by Crippen LogP contribution is -2.39. The molecule has 2 rings (SSSR count). The minimum Gasteiger partial charge on any atom is -0.301 e. The first-order valence-electron chi connectivity index (χ1n) is 6.10. The Bertz CT molecular complexity index is 145. The maximum atomic E-state index is 2.71. The van der Waals surface area contributed by atoms with Gasteiger partial charge in [-0.3, -0.25) is 0 Å². The van der Waals surface area contributed by atoms with Crippen LogP contribution in [0, 0.1) is 5.92 Å². The summed E-state index contributed by atoms with van der Waals surface area (Å²) in [7, 11) is 0. The van der Waals surface area contributed by atoms with Crippen LogP contribution in [-0.2, 0) is 0 Å². The highest BCUT2D eigenvalue weighted by atomic mass is 15.1. The Labute approximate surface area is 82.5 Å². The predicted molar refractivity (Wildman–Crippen MR) is 56.8 cm³/mol. The minimum atomic E-state index is 0.866. The van der Waals surface area contributed by atoms with Crippen LogP contribution < -0.4 is 0 Å². The zero-order valence-corrected chi connectivity index (χ0v) is 8.97. The Morgan fingerprint density at radius 2 is 1.77 bits per heavy atom. The van der Waals surface area contributed by atoms with Crippen LogP contribution >= 0.6 is 0 Å². The average Bonchev–Trinajstić information content (AvgIpc) is 2.12. The lowest BCUT2D eigenvalue weighted by Gasteiger charge is -2.36. The molecule has 13 heavy (non-hydrogen) atoms. The molecule has 76 valence electrons. The van der Waals surface area contributed by atoms with Crippen LogP contribution in [-0.4, -0.2) is 24.0 Å². The third-order valence-corrected chi connectivity index (χ3v) is 3.91. The maximum Gasteiger partial charge on any atom is 0.00695 e. The van der Waals surface area contributed by atoms with E-state index in [0.717, 1.165) is 12.0 Å². The fourth-order valence-electron chi connectivity index (χ4n) is 2.72. The van der Waals surface area contributed by atoms with Crippen molar-refractivity contribution in [1.29, 1.82) is 0 Å². The number of hydrogen-bond acceptors (Lipinski definition) is 1. The van der Waals surface area contributed by atoms with Crippen molar-refractivity contribution in [2.24, 2.45) is 5.92 Å². The monoisotopic (exact) mass is 181 g/mol. The van der Waals surface area contributed by atoms with Gasteiger partial charge in [-0.2, -0.15) is 0 Å². The predicted octanol–water partition coefficient (Wildman–Crippen LogP) is 3.05. The van der Waals surface area contributed by atoms with E-state index in [9.17, 15) is 0 Å². The molecule has 1 unspecified atom stereocenters. The molecule has 1 heterocycles. The van der Waals surface area contributed by atoms with Crippen LogP contribution in [0.3, 0.4) is 0 Å². The van der Waals surface area contributed by atoms with Crippen molar-refractivity contribution in [2.45, 2.75) is 57.9 Å². The standard InChI is InChI=1S/C12H23N/c1-11(10-12-6-5-7-12)13-8-3-2-4-9-13/h11-12H,2-10H2,1H3. The molecule has 0 spiro atoms. The highest BCUT2D eigenvalue weighted by molar-refractivity contribution is 4.78. The Morgan fingerprint density at radius 1 is 1.08 bits per heavy atom. The molecule has 0 radical (unpaired) electrons. The van der Waals surface area contributed by atoms with Crippen molar-refractivity contribution in [3.63, 3.8) is 0 Å². The molecule has 1 heteroatoms. The Kier molecular flexibility index (Phi) is 3.26. The van der Waals surface area contributed by atoms with E-state index < -0.39 is 0 Å². The van der Waals surface area contributed by atoms with Crippen molar-refractivity contribution in [2.75, 3.05) is 13.1 Å². The van der Waals surface area contributed by atoms with Crippen molar-refractivity contribution in [3.8, 4) is 0 Å². The Hall–Kier alpha value is -0.0400. The Morgan fingerprint density at radius 3 is 2.31 bits per heavy atom. The molecular weight excluding hydrogens is 158 g/mol. The summed E-state index contributed by atoms with van der Waals surface area (Å²) in [6.45, 7) is 5.17. The average molecular weight is 181 g/mol. The lowest BCUT2D eigenvalue weighted by molar-refractivity contribution is 0.132. The number of piperidine rings is 1. The van der Waals surface area contributed by atoms with Gasteiger partial charge in [0.1, 0.15) is 0 Å². The highest BCUT2D eigenvalue weighted by Crippen LogP contribution is 2.32. The molecule has 0 aromatic rings. The van der Waals surface area contributed by atoms with Gasteiger partial charge in [-0.15, -0.1) is 0 Å². The molecular formula is C12H23N. The van der Waals surface area contributed by atoms with Crippen molar-refractivity contribution >= 4 is 0 Å². The highest BCUT2D eigenvalue weighted by Gasteiger charge is 2.23. The summed E-state index contributed by atoms with van der Waals surface area (Å²) in [6.07, 6.45) is 10.3. The van der Waals surface area contributed by atoms with Gasteiger partial charge >= 0.3 is 0 Å². The van der Waals surface area contributed by atoms with Crippen LogP contribution in [0.25, 0.3) is 0 Å². The normalized spacial score (nSPS) is 28.4. The molecule has 1 saturated carbocycles. The smallest absolute Gasteiger partial charge is 0.00695 e. The number of likely N-dealkylation sites (tertiary alicyclic amines) is 1. The number of rotatable bonds is 3. The van der Waals surface area contributed by atoms with Crippen LogP contribution in [0.1, 0.15) is 51.9 Å². The lowest BCUT2D eigenvalue weighted by atomic mass is 9.81. The SMILES string of the molecule is CC(CC1CCC1)N1CCCCC1. The summed E-state index contributed by atoms with van der Waals surface area (Å²) in [5.74, 6) is 1.08. The van der Waals surface area contributed by atoms with E-state index >= 15 is 0 Å². The second kappa shape index (κ2) is 4.45. The van der Waals surface area contributed by atoms with Crippen LogP contribution in [0.5, 0.6) is 0 Å². The summed E-state index contributed by atoms with van der Waals surface area (Å²) in [5.41, 5.74) is 0. The first-order valence-corrected chi connectivity index (χ1v) is 6.10. The topological polar surface area (TPSA) is 3.24 Å². The van der Waals surface area contributed by atoms with Gasteiger partial charge in [0.15, 0.2) is 0 Å². The first kappa shape index (κ1) is 9.51. The van der Waals surface area contributed by atoms with Crippen molar-refractivity contribution in [3.05, 3.63) is 0 Å². The van der Waals surface area contributed by atoms with Crippen LogP contribution in [0.15, 0.2) is 0 Å². The van der Waals surface area contributed by atoms with E-state index in [-0.39, 0.29) is 0 Å². The van der Waals surface area contributed by atoms with Crippen LogP contribution in [0.2, 0.25) is 0 Å². The molecule has 1 atom stereocenters. The van der Waals surface area contributed by atoms with Gasteiger partial charge < -0.3 is 4.90 Å². The molecule has 0 aromatic carbocycles. The van der Waals surface area contributed by atoms with Crippen molar-refractivity contribution < 1.29 is 0 Å². The van der Waals surface area contributed by atoms with Crippen LogP contribution in [0.4, 0.5) is 0 Å². The van der Waals surface area contributed by atoms with E-state index in [4.69, 9.17) is 0 Å². The van der Waals surface area contributed by atoms with Gasteiger partial charge in [-0.05, 0) is 45.2 Å². The molecule has 0 aromatic heterocycles. The molecule has 1 saturated heterocycles. The second-order valence-corrected chi connectivity index (χ2v) is 4.98. The fraction of sp³-hybridized carbons (Fsp3) is 1.00. The third-order valence-electron chi connectivity index (χ3n) is 3.91. The van der Waals surface area contributed by atoms with Gasteiger partial charge in [0.05, 0.1) is 0 Å². The summed E-state index contributed by atoms with van der Waals surface area (Å²) in [6, 6.07) is 0.866. The van der Waals surface area contributed by atoms with E-state index in [1.807, 2.05) is 0 Å². The fourth-order valence-corrected chi connectivity index (χ4v) is 2.72. The molecule has 1 aliphatic heterocycles. The number of hydrogen-bond donors (Lipinski definition) is 0. The largest absolute Gasteiger partial charge is 0.301 e. The van der Waals surface area contributed by atoms with E-state index in [1.54, 1.807) is 0 Å². The van der Waals surface area contributed by atoms with E-state index in [2.05, 4.69) is 11.8 Å². The van der Waals surface area contributed by atoms with Crippen molar-refractivity contribution in [1.82, 2.24) is 4.90 Å². The molecule has 0 N–H and O–H groups in total. The van der Waals surface area contributed by atoms with Gasteiger partial charge in [0, 0.05) is 6.04 Å². The molecule has 0 bridgehead atoms. The number of nitrogens with zero attached hydrogens (tertiary/aromatic N) is 1. The zero-order chi connectivity index (χ0) is 9.10. The van der Waals surface area contributed by atoms with Gasteiger partial charge in [0.2, 0.25) is 0 Å². The summed E-state index contributed by atoms with van der Waals surface area (Å²) >= 11 is 0. The quantitative estimate of drug-likeness (QED) is 0.647. The van der Waals surface area contributed by atoms with E-state index in [1.165, 1.54) is 58.0 Å². The van der Waals surface area contributed by atoms with Gasteiger partial charge in [-0.25, -0.2) is 0 Å². The first-order chi connectivity index (χ1) is 6.36. The minimum absolute atomic E-state index is 0.866. The third kappa shape index (κ3) is 2.46. The molecule has 2 aliphatic rings. The maximum absolute atomic E-state index is 2.71. The molecule has 0 amide bonds. The summed E-state index contributed by atoms with van der Waals surface area (Å²) in [5, 5.41) is 0. The summed E-state index contributed by atoms with van der Waals surface area (Å²) in [4.78, 5) is 2.71. The summed E-state index contributed by atoms with van der Waals surface area (Å²) < 4.78 is 0. The van der Waals surface area contributed by atoms with E-state index in [0.29, 0.717) is 0 Å². The van der Waals surface area contributed by atoms with Gasteiger partial charge in [-0.1, -0.05) is 25.7 Å². The molecule has 1 nitrogen and oxygen atoms in total. The molecule has 1 aliphatic carbocycles. The molecule has 2 fully saturated rings. The van der Waals surface area contributed by atoms with Gasteiger partial charge in [0.25, 0.3) is 0 Å². The Balaban J connectivity index is 1.70. The zero-order valence-electron chi connectivity index (χ0n) is 8.97.